The average molecular weight is 337 g/mol. The van der Waals surface area contributed by atoms with E-state index in [2.05, 4.69) is 9.88 Å². The van der Waals surface area contributed by atoms with Crippen LogP contribution in [0.15, 0.2) is 36.0 Å². The molecule has 0 aromatic carbocycles. The number of Topliss-reactive ketones (excluding diaryl/α,β-unsaturated/α-hetero) is 1. The van der Waals surface area contributed by atoms with Crippen LogP contribution in [0, 0.1) is 0 Å². The van der Waals surface area contributed by atoms with Gasteiger partial charge in [-0.05, 0) is 23.1 Å². The van der Waals surface area contributed by atoms with E-state index in [0.717, 1.165) is 17.0 Å². The zero-order chi connectivity index (χ0) is 15.4. The number of aromatic nitrogens is 1. The van der Waals surface area contributed by atoms with Crippen molar-refractivity contribution in [2.75, 3.05) is 19.8 Å². The highest BCUT2D eigenvalue weighted by Crippen LogP contribution is 2.22. The first-order valence-corrected chi connectivity index (χ1v) is 8.46. The normalized spacial score (nSPS) is 19.2. The van der Waals surface area contributed by atoms with Gasteiger partial charge in [-0.1, -0.05) is 17.7 Å². The van der Waals surface area contributed by atoms with Crippen LogP contribution in [0.1, 0.15) is 21.7 Å². The Morgan fingerprint density at radius 1 is 1.50 bits per heavy atom. The SMILES string of the molecule is O=C(C[C@@H]1COCCN1Cc1ccncc1Cl)c1cccs1. The number of ketones is 1. The molecule has 1 fully saturated rings. The van der Waals surface area contributed by atoms with Gasteiger partial charge < -0.3 is 4.74 Å². The zero-order valence-electron chi connectivity index (χ0n) is 12.1. The summed E-state index contributed by atoms with van der Waals surface area (Å²) in [6.07, 6.45) is 3.87. The average Bonchev–Trinajstić information content (AvgIpc) is 3.06. The predicted molar refractivity (Wildman–Crippen MR) is 87.5 cm³/mol. The van der Waals surface area contributed by atoms with Crippen molar-refractivity contribution in [3.05, 3.63) is 51.4 Å². The molecule has 22 heavy (non-hydrogen) atoms. The lowest BCUT2D eigenvalue weighted by molar-refractivity contribution is -0.0125. The summed E-state index contributed by atoms with van der Waals surface area (Å²) in [7, 11) is 0. The highest BCUT2D eigenvalue weighted by molar-refractivity contribution is 7.12. The van der Waals surface area contributed by atoms with Gasteiger partial charge in [-0.3, -0.25) is 14.7 Å². The number of rotatable bonds is 5. The van der Waals surface area contributed by atoms with Crippen LogP contribution >= 0.6 is 22.9 Å². The molecule has 0 aliphatic carbocycles. The lowest BCUT2D eigenvalue weighted by atomic mass is 10.1. The highest BCUT2D eigenvalue weighted by atomic mass is 35.5. The Bertz CT molecular complexity index is 633. The summed E-state index contributed by atoms with van der Waals surface area (Å²) in [5.74, 6) is 0.177. The van der Waals surface area contributed by atoms with Crippen molar-refractivity contribution in [2.24, 2.45) is 0 Å². The van der Waals surface area contributed by atoms with E-state index in [1.165, 1.54) is 11.3 Å². The summed E-state index contributed by atoms with van der Waals surface area (Å²) in [6.45, 7) is 2.79. The van der Waals surface area contributed by atoms with Crippen molar-refractivity contribution in [2.45, 2.75) is 19.0 Å². The minimum Gasteiger partial charge on any atom is -0.378 e. The van der Waals surface area contributed by atoms with E-state index >= 15 is 0 Å². The molecule has 0 N–H and O–H groups in total. The Hall–Kier alpha value is -1.27. The lowest BCUT2D eigenvalue weighted by Gasteiger charge is -2.35. The summed E-state index contributed by atoms with van der Waals surface area (Å²) in [6, 6.07) is 5.80. The van der Waals surface area contributed by atoms with E-state index in [1.807, 2.05) is 23.6 Å². The van der Waals surface area contributed by atoms with Crippen molar-refractivity contribution >= 4 is 28.7 Å². The maximum atomic E-state index is 12.3. The molecule has 4 nitrogen and oxygen atoms in total. The van der Waals surface area contributed by atoms with Gasteiger partial charge in [0.1, 0.15) is 0 Å². The van der Waals surface area contributed by atoms with Crippen LogP contribution in [-0.2, 0) is 11.3 Å². The molecule has 3 rings (SSSR count). The number of halogens is 1. The van der Waals surface area contributed by atoms with Crippen LogP contribution in [0.25, 0.3) is 0 Å². The number of carbonyl (C=O) groups is 1. The smallest absolute Gasteiger partial charge is 0.174 e. The van der Waals surface area contributed by atoms with Gasteiger partial charge in [0.2, 0.25) is 0 Å². The van der Waals surface area contributed by atoms with E-state index in [1.54, 1.807) is 12.4 Å². The van der Waals surface area contributed by atoms with Crippen LogP contribution in [0.3, 0.4) is 0 Å². The zero-order valence-corrected chi connectivity index (χ0v) is 13.6. The molecule has 0 radical (unpaired) electrons. The third kappa shape index (κ3) is 3.73. The molecule has 2 aromatic rings. The fraction of sp³-hybridized carbons (Fsp3) is 0.375. The molecule has 1 aliphatic heterocycles. The van der Waals surface area contributed by atoms with Gasteiger partial charge in [0, 0.05) is 37.9 Å². The molecule has 0 bridgehead atoms. The molecular formula is C16H17ClN2O2S. The summed E-state index contributed by atoms with van der Waals surface area (Å²) in [5.41, 5.74) is 1.03. The first-order chi connectivity index (χ1) is 10.7. The number of ether oxygens (including phenoxy) is 1. The fourth-order valence-electron chi connectivity index (χ4n) is 2.59. The van der Waals surface area contributed by atoms with Crippen molar-refractivity contribution in [1.82, 2.24) is 9.88 Å². The van der Waals surface area contributed by atoms with Gasteiger partial charge in [0.15, 0.2) is 5.78 Å². The van der Waals surface area contributed by atoms with Crippen LogP contribution in [0.2, 0.25) is 5.02 Å². The first-order valence-electron chi connectivity index (χ1n) is 7.21. The van der Waals surface area contributed by atoms with Gasteiger partial charge in [0.25, 0.3) is 0 Å². The molecule has 2 aromatic heterocycles. The number of nitrogens with zero attached hydrogens (tertiary/aromatic N) is 2. The molecule has 1 saturated heterocycles. The summed E-state index contributed by atoms with van der Waals surface area (Å²) < 4.78 is 5.56. The summed E-state index contributed by atoms with van der Waals surface area (Å²) in [5, 5.41) is 2.59. The quantitative estimate of drug-likeness (QED) is 0.786. The Labute approximate surface area is 138 Å². The van der Waals surface area contributed by atoms with Gasteiger partial charge in [-0.25, -0.2) is 0 Å². The standard InChI is InChI=1S/C16H17ClN2O2S/c17-14-9-18-4-3-12(14)10-19-5-6-21-11-13(19)8-15(20)16-2-1-7-22-16/h1-4,7,9,13H,5-6,8,10-11H2/t13-/m1/s1. The van der Waals surface area contributed by atoms with Gasteiger partial charge in [-0.15, -0.1) is 11.3 Å². The van der Waals surface area contributed by atoms with Crippen molar-refractivity contribution in [3.63, 3.8) is 0 Å². The number of pyridine rings is 1. The van der Waals surface area contributed by atoms with Gasteiger partial charge in [-0.2, -0.15) is 0 Å². The maximum absolute atomic E-state index is 12.3. The van der Waals surface area contributed by atoms with Gasteiger partial charge in [0.05, 0.1) is 23.1 Å². The van der Waals surface area contributed by atoms with E-state index in [4.69, 9.17) is 16.3 Å². The Morgan fingerprint density at radius 2 is 2.41 bits per heavy atom. The Balaban J connectivity index is 1.69. The molecule has 0 saturated carbocycles. The number of hydrogen-bond acceptors (Lipinski definition) is 5. The van der Waals surface area contributed by atoms with Crippen molar-refractivity contribution < 1.29 is 9.53 Å². The van der Waals surface area contributed by atoms with Crippen molar-refractivity contribution in [3.8, 4) is 0 Å². The molecule has 0 amide bonds. The second-order valence-corrected chi connectivity index (χ2v) is 6.63. The molecule has 0 spiro atoms. The fourth-order valence-corrected chi connectivity index (χ4v) is 3.44. The second kappa shape index (κ2) is 7.33. The molecule has 116 valence electrons. The third-order valence-electron chi connectivity index (χ3n) is 3.80. The molecule has 3 heterocycles. The van der Waals surface area contributed by atoms with Crippen LogP contribution in [0.5, 0.6) is 0 Å². The van der Waals surface area contributed by atoms with Crippen molar-refractivity contribution in [1.29, 1.82) is 0 Å². The largest absolute Gasteiger partial charge is 0.378 e. The van der Waals surface area contributed by atoms with Crippen LogP contribution < -0.4 is 0 Å². The Morgan fingerprint density at radius 3 is 3.18 bits per heavy atom. The minimum atomic E-state index is 0.0904. The van der Waals surface area contributed by atoms with E-state index < -0.39 is 0 Å². The molecule has 0 unspecified atom stereocenters. The summed E-state index contributed by atoms with van der Waals surface area (Å²) in [4.78, 5) is 19.4. The number of hydrogen-bond donors (Lipinski definition) is 0. The predicted octanol–water partition coefficient (Wildman–Crippen LogP) is 3.27. The number of thiophene rings is 1. The van der Waals surface area contributed by atoms with Gasteiger partial charge >= 0.3 is 0 Å². The number of morpholine rings is 1. The maximum Gasteiger partial charge on any atom is 0.174 e. The molecule has 6 heteroatoms. The van der Waals surface area contributed by atoms with E-state index in [9.17, 15) is 4.79 Å². The van der Waals surface area contributed by atoms with Crippen LogP contribution in [-0.4, -0.2) is 41.5 Å². The number of carbonyl (C=O) groups excluding carboxylic acids is 1. The monoisotopic (exact) mass is 336 g/mol. The van der Waals surface area contributed by atoms with E-state index in [-0.39, 0.29) is 11.8 Å². The van der Waals surface area contributed by atoms with Crippen LogP contribution in [0.4, 0.5) is 0 Å². The molecule has 1 atom stereocenters. The molecular weight excluding hydrogens is 320 g/mol. The Kier molecular flexibility index (Phi) is 5.20. The first kappa shape index (κ1) is 15.6. The second-order valence-electron chi connectivity index (χ2n) is 5.27. The summed E-state index contributed by atoms with van der Waals surface area (Å²) >= 11 is 7.68. The minimum absolute atomic E-state index is 0.0904. The topological polar surface area (TPSA) is 42.4 Å². The molecule has 1 aliphatic rings. The third-order valence-corrected chi connectivity index (χ3v) is 5.05. The lowest BCUT2D eigenvalue weighted by Crippen LogP contribution is -2.45. The highest BCUT2D eigenvalue weighted by Gasteiger charge is 2.26. The van der Waals surface area contributed by atoms with E-state index in [0.29, 0.717) is 31.2 Å².